The molecule has 0 aliphatic carbocycles. The van der Waals surface area contributed by atoms with Gasteiger partial charge in [0.1, 0.15) is 11.2 Å². The van der Waals surface area contributed by atoms with Crippen molar-refractivity contribution in [1.29, 1.82) is 0 Å². The molecular formula is C23H44N8O5. The van der Waals surface area contributed by atoms with Crippen LogP contribution in [0.5, 0.6) is 0 Å². The number of hydrogen-bond donors (Lipinski definition) is 6. The van der Waals surface area contributed by atoms with Gasteiger partial charge in [0.2, 0.25) is 17.8 Å². The molecule has 1 heterocycles. The van der Waals surface area contributed by atoms with Gasteiger partial charge in [0, 0.05) is 39.3 Å². The van der Waals surface area contributed by atoms with E-state index in [1.54, 1.807) is 0 Å². The summed E-state index contributed by atoms with van der Waals surface area (Å²) in [6.45, 7) is 13.6. The summed E-state index contributed by atoms with van der Waals surface area (Å²) in [7, 11) is 0. The highest BCUT2D eigenvalue weighted by molar-refractivity contribution is 5.67. The predicted octanol–water partition coefficient (Wildman–Crippen LogP) is 2.71. The Labute approximate surface area is 213 Å². The van der Waals surface area contributed by atoms with E-state index >= 15 is 0 Å². The maximum Gasteiger partial charge on any atom is 0.407 e. The summed E-state index contributed by atoms with van der Waals surface area (Å²) in [6.07, 6.45) is 1.84. The second-order valence-corrected chi connectivity index (χ2v) is 10.1. The van der Waals surface area contributed by atoms with Crippen molar-refractivity contribution in [2.45, 2.75) is 78.4 Å². The zero-order chi connectivity index (χ0) is 27.0. The number of aromatic nitrogens is 3. The minimum atomic E-state index is -0.539. The predicted molar refractivity (Wildman–Crippen MR) is 139 cm³/mol. The summed E-state index contributed by atoms with van der Waals surface area (Å²) in [5.41, 5.74) is -1.08. The Hall–Kier alpha value is -3.09. The highest BCUT2D eigenvalue weighted by Crippen LogP contribution is 2.10. The lowest BCUT2D eigenvalue weighted by Gasteiger charge is -2.19. The van der Waals surface area contributed by atoms with Crippen LogP contribution < -0.4 is 26.6 Å². The van der Waals surface area contributed by atoms with Gasteiger partial charge in [-0.05, 0) is 67.2 Å². The van der Waals surface area contributed by atoms with Crippen LogP contribution in [-0.2, 0) is 9.47 Å². The molecule has 0 aromatic carbocycles. The van der Waals surface area contributed by atoms with Gasteiger partial charge in [-0.25, -0.2) is 9.59 Å². The van der Waals surface area contributed by atoms with Crippen LogP contribution in [-0.4, -0.2) is 82.8 Å². The van der Waals surface area contributed by atoms with E-state index in [-0.39, 0.29) is 6.61 Å². The minimum Gasteiger partial charge on any atom is -0.444 e. The molecule has 0 spiro atoms. The molecule has 6 N–H and O–H groups in total. The Morgan fingerprint density at radius 2 is 1.00 bits per heavy atom. The zero-order valence-corrected chi connectivity index (χ0v) is 22.5. The van der Waals surface area contributed by atoms with Crippen LogP contribution >= 0.6 is 0 Å². The first-order valence-corrected chi connectivity index (χ1v) is 12.4. The fourth-order valence-electron chi connectivity index (χ4n) is 2.64. The fraction of sp³-hybridized carbons (Fsp3) is 0.783. The van der Waals surface area contributed by atoms with Crippen molar-refractivity contribution in [2.24, 2.45) is 0 Å². The first-order valence-electron chi connectivity index (χ1n) is 12.4. The van der Waals surface area contributed by atoms with Crippen molar-refractivity contribution in [2.75, 3.05) is 55.3 Å². The summed E-state index contributed by atoms with van der Waals surface area (Å²) >= 11 is 0. The largest absolute Gasteiger partial charge is 0.444 e. The number of ether oxygens (including phenoxy) is 2. The van der Waals surface area contributed by atoms with Gasteiger partial charge in [-0.3, -0.25) is 0 Å². The van der Waals surface area contributed by atoms with Crippen LogP contribution in [0.2, 0.25) is 0 Å². The highest BCUT2D eigenvalue weighted by Gasteiger charge is 2.16. The number of nitrogens with zero attached hydrogens (tertiary/aromatic N) is 3. The number of hydrogen-bond acceptors (Lipinski definition) is 11. The monoisotopic (exact) mass is 512 g/mol. The van der Waals surface area contributed by atoms with Crippen LogP contribution in [0.4, 0.5) is 27.4 Å². The summed E-state index contributed by atoms with van der Waals surface area (Å²) in [5.74, 6) is 1.19. The van der Waals surface area contributed by atoms with Crippen molar-refractivity contribution in [1.82, 2.24) is 25.6 Å². The van der Waals surface area contributed by atoms with Crippen molar-refractivity contribution >= 4 is 30.0 Å². The van der Waals surface area contributed by atoms with Crippen molar-refractivity contribution in [3.8, 4) is 0 Å². The fourth-order valence-corrected chi connectivity index (χ4v) is 2.64. The molecule has 1 rings (SSSR count). The molecule has 0 aliphatic heterocycles. The summed E-state index contributed by atoms with van der Waals surface area (Å²) in [6, 6.07) is 0. The molecule has 1 aromatic heterocycles. The Kier molecular flexibility index (Phi) is 13.6. The lowest BCUT2D eigenvalue weighted by molar-refractivity contribution is 0.0516. The van der Waals surface area contributed by atoms with E-state index in [1.807, 2.05) is 41.5 Å². The quantitative estimate of drug-likeness (QED) is 0.191. The number of rotatable bonds is 15. The third-order valence-electron chi connectivity index (χ3n) is 4.11. The van der Waals surface area contributed by atoms with E-state index in [0.717, 1.165) is 6.42 Å². The van der Waals surface area contributed by atoms with E-state index in [2.05, 4.69) is 41.5 Å². The van der Waals surface area contributed by atoms with Gasteiger partial charge in [-0.1, -0.05) is 0 Å². The first kappa shape index (κ1) is 30.9. The topological polar surface area (TPSA) is 172 Å². The van der Waals surface area contributed by atoms with Crippen molar-refractivity contribution < 1.29 is 24.2 Å². The average molecular weight is 513 g/mol. The van der Waals surface area contributed by atoms with Gasteiger partial charge in [-0.15, -0.1) is 0 Å². The molecule has 0 unspecified atom stereocenters. The molecule has 1 aromatic rings. The number of carbonyl (C=O) groups excluding carboxylic acids is 2. The summed E-state index contributed by atoms with van der Waals surface area (Å²) < 4.78 is 10.4. The zero-order valence-electron chi connectivity index (χ0n) is 22.5. The Bertz CT molecular complexity index is 739. The number of unbranched alkanes of at least 4 members (excludes halogenated alkanes) is 1. The third-order valence-corrected chi connectivity index (χ3v) is 4.11. The molecule has 0 fully saturated rings. The molecule has 2 amide bonds. The summed E-state index contributed by atoms with van der Waals surface area (Å²) in [5, 5.41) is 23.8. The highest BCUT2D eigenvalue weighted by atomic mass is 16.6. The van der Waals surface area contributed by atoms with Crippen LogP contribution in [0, 0.1) is 0 Å². The number of alkyl carbamates (subject to hydrolysis) is 2. The second kappa shape index (κ2) is 15.8. The minimum absolute atomic E-state index is 0.132. The molecule has 13 heteroatoms. The van der Waals surface area contributed by atoms with Crippen molar-refractivity contribution in [3.63, 3.8) is 0 Å². The number of nitrogens with one attached hydrogen (secondary N) is 5. The maximum absolute atomic E-state index is 11.7. The standard InChI is InChI=1S/C23H44N8O5/c1-22(2,3)35-20(33)27-14-9-12-25-18-29-17(24-11-7-8-16-32)30-19(31-18)26-13-10-15-28-21(34)36-23(4,5)6/h32H,7-16H2,1-6H3,(H,27,33)(H,28,34)(H3,24,25,26,29,30,31). The lowest BCUT2D eigenvalue weighted by Crippen LogP contribution is -2.33. The van der Waals surface area contributed by atoms with Gasteiger partial charge in [-0.2, -0.15) is 15.0 Å². The van der Waals surface area contributed by atoms with E-state index in [4.69, 9.17) is 14.6 Å². The van der Waals surface area contributed by atoms with E-state index in [0.29, 0.717) is 69.8 Å². The van der Waals surface area contributed by atoms with Crippen molar-refractivity contribution in [3.05, 3.63) is 0 Å². The number of carbonyl (C=O) groups is 2. The Balaban J connectivity index is 2.53. The SMILES string of the molecule is CC(C)(C)OC(=O)NCCCNc1nc(NCCCCO)nc(NCCCNC(=O)OC(C)(C)C)n1. The van der Waals surface area contributed by atoms with E-state index in [1.165, 1.54) is 0 Å². The maximum atomic E-state index is 11.7. The molecule has 0 radical (unpaired) electrons. The molecule has 13 nitrogen and oxygen atoms in total. The molecule has 0 saturated carbocycles. The number of anilines is 3. The molecule has 206 valence electrons. The smallest absolute Gasteiger partial charge is 0.407 e. The molecule has 0 saturated heterocycles. The lowest BCUT2D eigenvalue weighted by atomic mass is 10.2. The first-order chi connectivity index (χ1) is 16.9. The van der Waals surface area contributed by atoms with E-state index < -0.39 is 23.4 Å². The van der Waals surface area contributed by atoms with Crippen LogP contribution in [0.1, 0.15) is 67.2 Å². The third kappa shape index (κ3) is 16.5. The van der Waals surface area contributed by atoms with Gasteiger partial charge < -0.3 is 41.2 Å². The average Bonchev–Trinajstić information content (AvgIpc) is 2.74. The molecule has 0 atom stereocenters. The van der Waals surface area contributed by atoms with Gasteiger partial charge in [0.15, 0.2) is 0 Å². The van der Waals surface area contributed by atoms with Gasteiger partial charge >= 0.3 is 12.2 Å². The van der Waals surface area contributed by atoms with Gasteiger partial charge in [0.05, 0.1) is 0 Å². The van der Waals surface area contributed by atoms with Gasteiger partial charge in [0.25, 0.3) is 0 Å². The second-order valence-electron chi connectivity index (χ2n) is 10.1. The molecular weight excluding hydrogens is 468 g/mol. The molecule has 0 aliphatic rings. The number of aliphatic hydroxyl groups excluding tert-OH is 1. The Morgan fingerprint density at radius 1 is 0.639 bits per heavy atom. The van der Waals surface area contributed by atoms with Crippen LogP contribution in [0.25, 0.3) is 0 Å². The summed E-state index contributed by atoms with van der Waals surface area (Å²) in [4.78, 5) is 36.6. The normalized spacial score (nSPS) is 11.4. The van der Waals surface area contributed by atoms with Crippen LogP contribution in [0.15, 0.2) is 0 Å². The van der Waals surface area contributed by atoms with Crippen LogP contribution in [0.3, 0.4) is 0 Å². The number of amides is 2. The molecule has 0 bridgehead atoms. The Morgan fingerprint density at radius 3 is 1.33 bits per heavy atom. The molecule has 36 heavy (non-hydrogen) atoms. The number of aliphatic hydroxyl groups is 1. The van der Waals surface area contributed by atoms with E-state index in [9.17, 15) is 9.59 Å².